The van der Waals surface area contributed by atoms with Crippen LogP contribution in [0, 0.1) is 0 Å². The second kappa shape index (κ2) is 6.89. The number of urea groups is 1. The minimum Gasteiger partial charge on any atom is -0.480 e. The Bertz CT molecular complexity index is 587. The van der Waals surface area contributed by atoms with Crippen molar-refractivity contribution in [3.8, 4) is 0 Å². The van der Waals surface area contributed by atoms with E-state index in [1.807, 2.05) is 0 Å². The number of carboxylic acids is 1. The van der Waals surface area contributed by atoms with E-state index in [0.29, 0.717) is 0 Å². The predicted molar refractivity (Wildman–Crippen MR) is 72.3 cm³/mol. The van der Waals surface area contributed by atoms with Crippen LogP contribution < -0.4 is 22.1 Å². The number of carbonyl (C=O) groups is 4. The van der Waals surface area contributed by atoms with Crippen molar-refractivity contribution in [3.05, 3.63) is 29.8 Å². The maximum atomic E-state index is 11.6. The number of nitrogens with one attached hydrogen (secondary N) is 2. The van der Waals surface area contributed by atoms with Crippen molar-refractivity contribution >= 4 is 29.5 Å². The van der Waals surface area contributed by atoms with Crippen LogP contribution >= 0.6 is 0 Å². The number of anilines is 1. The molecule has 0 aromatic heterocycles. The molecule has 4 amide bonds. The third kappa shape index (κ3) is 5.19. The minimum absolute atomic E-state index is 0.180. The van der Waals surface area contributed by atoms with Gasteiger partial charge in [-0.2, -0.15) is 0 Å². The number of nitrogens with two attached hydrogens (primary N) is 2. The molecule has 9 heteroatoms. The van der Waals surface area contributed by atoms with Crippen LogP contribution in [0.25, 0.3) is 0 Å². The summed E-state index contributed by atoms with van der Waals surface area (Å²) in [5.41, 5.74) is 10.4. The molecule has 0 aliphatic carbocycles. The summed E-state index contributed by atoms with van der Waals surface area (Å²) in [6.45, 7) is 0. The highest BCUT2D eigenvalue weighted by atomic mass is 16.4. The molecule has 9 nitrogen and oxygen atoms in total. The lowest BCUT2D eigenvalue weighted by Crippen LogP contribution is -2.45. The van der Waals surface area contributed by atoms with Crippen LogP contribution in [-0.2, 0) is 9.59 Å². The SMILES string of the molecule is NC(=O)CC(NC(=O)Nc1cccc(C(N)=O)c1)C(=O)O. The molecule has 0 bridgehead atoms. The zero-order valence-electron chi connectivity index (χ0n) is 10.8. The molecule has 0 aliphatic heterocycles. The van der Waals surface area contributed by atoms with Gasteiger partial charge in [0.1, 0.15) is 6.04 Å². The Hall–Kier alpha value is -3.10. The van der Waals surface area contributed by atoms with Gasteiger partial charge in [0.2, 0.25) is 11.8 Å². The quantitative estimate of drug-likeness (QED) is 0.464. The normalized spacial score (nSPS) is 11.2. The van der Waals surface area contributed by atoms with Crippen LogP contribution in [0.3, 0.4) is 0 Å². The van der Waals surface area contributed by atoms with Crippen LogP contribution in [0.4, 0.5) is 10.5 Å². The van der Waals surface area contributed by atoms with Crippen LogP contribution in [0.2, 0.25) is 0 Å². The Balaban J connectivity index is 2.72. The molecule has 0 spiro atoms. The third-order valence-electron chi connectivity index (χ3n) is 2.41. The van der Waals surface area contributed by atoms with E-state index >= 15 is 0 Å². The van der Waals surface area contributed by atoms with E-state index in [2.05, 4.69) is 10.6 Å². The average Bonchev–Trinajstić information content (AvgIpc) is 2.37. The zero-order chi connectivity index (χ0) is 16.0. The lowest BCUT2D eigenvalue weighted by molar-refractivity contribution is -0.140. The molecule has 1 aromatic carbocycles. The van der Waals surface area contributed by atoms with Crippen LogP contribution in [0.5, 0.6) is 0 Å². The molecule has 0 aliphatic rings. The Morgan fingerprint density at radius 3 is 2.38 bits per heavy atom. The molecular formula is C12H14N4O5. The zero-order valence-corrected chi connectivity index (χ0v) is 10.8. The van der Waals surface area contributed by atoms with Crippen LogP contribution in [0.15, 0.2) is 24.3 Å². The van der Waals surface area contributed by atoms with Gasteiger partial charge in [-0.05, 0) is 18.2 Å². The highest BCUT2D eigenvalue weighted by molar-refractivity contribution is 5.97. The topological polar surface area (TPSA) is 165 Å². The summed E-state index contributed by atoms with van der Waals surface area (Å²) < 4.78 is 0. The van der Waals surface area contributed by atoms with Crippen molar-refractivity contribution in [1.82, 2.24) is 5.32 Å². The number of carbonyl (C=O) groups excluding carboxylic acids is 3. The first kappa shape index (κ1) is 16.0. The first-order chi connectivity index (χ1) is 9.79. The van der Waals surface area contributed by atoms with Crippen molar-refractivity contribution in [1.29, 1.82) is 0 Å². The number of carboxylic acid groups (broad SMARTS) is 1. The molecule has 1 rings (SSSR count). The summed E-state index contributed by atoms with van der Waals surface area (Å²) in [5.74, 6) is -2.93. The Morgan fingerprint density at radius 2 is 1.86 bits per heavy atom. The van der Waals surface area contributed by atoms with Gasteiger partial charge in [0.15, 0.2) is 0 Å². The molecule has 7 N–H and O–H groups in total. The number of hydrogen-bond acceptors (Lipinski definition) is 4. The van der Waals surface area contributed by atoms with E-state index in [4.69, 9.17) is 16.6 Å². The van der Waals surface area contributed by atoms with Gasteiger partial charge in [0, 0.05) is 11.3 Å². The highest BCUT2D eigenvalue weighted by Crippen LogP contribution is 2.10. The number of rotatable bonds is 6. The molecule has 0 saturated heterocycles. The van der Waals surface area contributed by atoms with E-state index in [1.165, 1.54) is 24.3 Å². The van der Waals surface area contributed by atoms with Crippen LogP contribution in [0.1, 0.15) is 16.8 Å². The maximum absolute atomic E-state index is 11.6. The summed E-state index contributed by atoms with van der Waals surface area (Å²) >= 11 is 0. The van der Waals surface area contributed by atoms with E-state index in [0.717, 1.165) is 0 Å². The van der Waals surface area contributed by atoms with Gasteiger partial charge >= 0.3 is 12.0 Å². The van der Waals surface area contributed by atoms with Gasteiger partial charge in [-0.1, -0.05) is 6.07 Å². The van der Waals surface area contributed by atoms with Crippen molar-refractivity contribution < 1.29 is 24.3 Å². The van der Waals surface area contributed by atoms with Crippen molar-refractivity contribution in [2.24, 2.45) is 11.5 Å². The Morgan fingerprint density at radius 1 is 1.19 bits per heavy atom. The maximum Gasteiger partial charge on any atom is 0.326 e. The van der Waals surface area contributed by atoms with E-state index < -0.39 is 36.3 Å². The van der Waals surface area contributed by atoms with Gasteiger partial charge < -0.3 is 27.2 Å². The van der Waals surface area contributed by atoms with Gasteiger partial charge in [-0.25, -0.2) is 9.59 Å². The second-order valence-corrected chi connectivity index (χ2v) is 4.10. The predicted octanol–water partition coefficient (Wildman–Crippen LogP) is -0.764. The average molecular weight is 294 g/mol. The van der Waals surface area contributed by atoms with Gasteiger partial charge in [-0.15, -0.1) is 0 Å². The molecule has 1 aromatic rings. The summed E-state index contributed by atoms with van der Waals surface area (Å²) in [4.78, 5) is 44.2. The fourth-order valence-corrected chi connectivity index (χ4v) is 1.48. The number of aliphatic carboxylic acids is 1. The van der Waals surface area contributed by atoms with Gasteiger partial charge in [0.05, 0.1) is 6.42 Å². The fraction of sp³-hybridized carbons (Fsp3) is 0.167. The summed E-state index contributed by atoms with van der Waals surface area (Å²) in [5, 5.41) is 13.2. The fourth-order valence-electron chi connectivity index (χ4n) is 1.48. The van der Waals surface area contributed by atoms with Gasteiger partial charge in [-0.3, -0.25) is 9.59 Å². The number of amides is 4. The molecular weight excluding hydrogens is 280 g/mol. The van der Waals surface area contributed by atoms with Crippen LogP contribution in [-0.4, -0.2) is 35.0 Å². The molecule has 21 heavy (non-hydrogen) atoms. The largest absolute Gasteiger partial charge is 0.480 e. The van der Waals surface area contributed by atoms with E-state index in [9.17, 15) is 19.2 Å². The summed E-state index contributed by atoms with van der Waals surface area (Å²) in [7, 11) is 0. The molecule has 0 fully saturated rings. The minimum atomic E-state index is -1.44. The third-order valence-corrected chi connectivity index (χ3v) is 2.41. The standard InChI is InChI=1S/C12H14N4O5/c13-9(17)5-8(11(19)20)16-12(21)15-7-3-1-2-6(4-7)10(14)18/h1-4,8H,5H2,(H2,13,17)(H2,14,18)(H,19,20)(H2,15,16,21). The molecule has 0 saturated carbocycles. The summed E-state index contributed by atoms with van der Waals surface area (Å²) in [6.07, 6.45) is -0.538. The molecule has 0 radical (unpaired) electrons. The molecule has 1 unspecified atom stereocenters. The highest BCUT2D eigenvalue weighted by Gasteiger charge is 2.22. The summed E-state index contributed by atoms with van der Waals surface area (Å²) in [6, 6.07) is 3.46. The first-order valence-electron chi connectivity index (χ1n) is 5.78. The monoisotopic (exact) mass is 294 g/mol. The van der Waals surface area contributed by atoms with Crippen molar-refractivity contribution in [2.45, 2.75) is 12.5 Å². The first-order valence-corrected chi connectivity index (χ1v) is 5.78. The van der Waals surface area contributed by atoms with Crippen molar-refractivity contribution in [3.63, 3.8) is 0 Å². The lowest BCUT2D eigenvalue weighted by atomic mass is 10.2. The molecule has 0 heterocycles. The smallest absolute Gasteiger partial charge is 0.326 e. The molecule has 1 atom stereocenters. The molecule has 112 valence electrons. The Kier molecular flexibility index (Phi) is 5.24. The second-order valence-electron chi connectivity index (χ2n) is 4.10. The number of benzene rings is 1. The van der Waals surface area contributed by atoms with E-state index in [-0.39, 0.29) is 11.3 Å². The number of hydrogen-bond donors (Lipinski definition) is 5. The lowest BCUT2D eigenvalue weighted by Gasteiger charge is -2.13. The number of primary amides is 2. The van der Waals surface area contributed by atoms with Gasteiger partial charge in [0.25, 0.3) is 0 Å². The Labute approximate surface area is 119 Å². The van der Waals surface area contributed by atoms with Crippen molar-refractivity contribution in [2.75, 3.05) is 5.32 Å². The van der Waals surface area contributed by atoms with E-state index in [1.54, 1.807) is 0 Å².